The average molecular weight is 351 g/mol. The van der Waals surface area contributed by atoms with Gasteiger partial charge in [0.1, 0.15) is 11.4 Å². The molecule has 0 aliphatic heterocycles. The highest BCUT2D eigenvalue weighted by Gasteiger charge is 2.15. The molecule has 0 atom stereocenters. The molecule has 0 aromatic heterocycles. The van der Waals surface area contributed by atoms with Crippen LogP contribution in [0.1, 0.15) is 47.5 Å². The molecule has 6 nitrogen and oxygen atoms in total. The van der Waals surface area contributed by atoms with E-state index in [1.807, 2.05) is 14.0 Å². The third-order valence-electron chi connectivity index (χ3n) is 3.22. The summed E-state index contributed by atoms with van der Waals surface area (Å²) in [5.74, 6) is 0.180. The van der Waals surface area contributed by atoms with Crippen LogP contribution < -0.4 is 22.1 Å². The Kier molecular flexibility index (Phi) is 10.4. The average Bonchev–Trinajstić information content (AvgIpc) is 2.49. The van der Waals surface area contributed by atoms with Crippen molar-refractivity contribution in [2.24, 2.45) is 11.5 Å². The zero-order chi connectivity index (χ0) is 19.5. The number of ether oxygens (including phenoxy) is 1. The molecule has 0 aliphatic carbocycles. The van der Waals surface area contributed by atoms with Crippen LogP contribution in [-0.4, -0.2) is 25.3 Å². The smallest absolute Gasteiger partial charge is 0.413 e. The topological polar surface area (TPSA) is 102 Å². The lowest BCUT2D eigenvalue weighted by Crippen LogP contribution is -2.34. The van der Waals surface area contributed by atoms with Crippen LogP contribution in [0.2, 0.25) is 0 Å². The van der Waals surface area contributed by atoms with E-state index in [0.717, 1.165) is 13.0 Å². The molecule has 0 fully saturated rings. The zero-order valence-corrected chi connectivity index (χ0v) is 16.4. The number of nitrogens with two attached hydrogens (primary N) is 2. The Hall–Kier alpha value is -2.21. The first-order valence-corrected chi connectivity index (χ1v) is 8.53. The second-order valence-electron chi connectivity index (χ2n) is 6.62. The molecule has 25 heavy (non-hydrogen) atoms. The third kappa shape index (κ3) is 11.1. The molecule has 0 heterocycles. The minimum Gasteiger partial charge on any atom is -0.444 e. The van der Waals surface area contributed by atoms with Gasteiger partial charge in [0.25, 0.3) is 0 Å². The van der Waals surface area contributed by atoms with Crippen molar-refractivity contribution in [3.63, 3.8) is 0 Å². The Bertz CT molecular complexity index is 552. The first-order valence-electron chi connectivity index (χ1n) is 8.53. The summed E-state index contributed by atoms with van der Waals surface area (Å²) in [6.07, 6.45) is 8.44. The van der Waals surface area contributed by atoms with Crippen molar-refractivity contribution in [2.75, 3.05) is 13.6 Å². The molecule has 6 heteroatoms. The number of carbonyl (C=O) groups is 1. The van der Waals surface area contributed by atoms with Gasteiger partial charge in [-0.1, -0.05) is 19.1 Å². The molecule has 0 aliphatic rings. The van der Waals surface area contributed by atoms with Gasteiger partial charge in [-0.05, 0) is 64.5 Å². The lowest BCUT2D eigenvalue weighted by molar-refractivity contribution is 0.0545. The maximum absolute atomic E-state index is 11.6. The summed E-state index contributed by atoms with van der Waals surface area (Å²) in [7, 11) is 1.92. The molecule has 6 N–H and O–H groups in total. The Morgan fingerprint density at radius 1 is 1.16 bits per heavy atom. The highest BCUT2D eigenvalue weighted by atomic mass is 16.6. The molecule has 0 saturated carbocycles. The highest BCUT2D eigenvalue weighted by molar-refractivity contribution is 5.69. The number of hydrogen-bond acceptors (Lipinski definition) is 5. The van der Waals surface area contributed by atoms with Crippen LogP contribution in [0.25, 0.3) is 0 Å². The molecule has 0 spiro atoms. The van der Waals surface area contributed by atoms with Gasteiger partial charge in [0.2, 0.25) is 0 Å². The Morgan fingerprint density at radius 3 is 2.28 bits per heavy atom. The monoisotopic (exact) mass is 350 g/mol. The summed E-state index contributed by atoms with van der Waals surface area (Å²) in [5, 5.41) is 5.62. The predicted octanol–water partition coefficient (Wildman–Crippen LogP) is 3.05. The van der Waals surface area contributed by atoms with Crippen LogP contribution in [0.3, 0.4) is 0 Å². The van der Waals surface area contributed by atoms with Gasteiger partial charge in [-0.15, -0.1) is 0 Å². The van der Waals surface area contributed by atoms with E-state index in [1.165, 1.54) is 11.1 Å². The van der Waals surface area contributed by atoms with Gasteiger partial charge in [0, 0.05) is 18.7 Å². The van der Waals surface area contributed by atoms with Crippen LogP contribution in [0.15, 0.2) is 47.0 Å². The number of amides is 1. The molecule has 0 aromatic carbocycles. The molecule has 0 saturated heterocycles. The molecular weight excluding hydrogens is 316 g/mol. The maximum Gasteiger partial charge on any atom is 0.413 e. The van der Waals surface area contributed by atoms with Crippen molar-refractivity contribution in [1.29, 1.82) is 0 Å². The standard InChI is InChI=1S/C19H34N4O2/c1-7-14(8-2)15(13-22-6)9-10-16(20)11-12-17(21)23-18(24)25-19(3,4)5/h7,9,11-12,22H,8,10,13,20-21H2,1-6H3,(H,23,24)/b14-7-,15-9-,16-11-,17-12+. The van der Waals surface area contributed by atoms with Gasteiger partial charge < -0.3 is 21.5 Å². The van der Waals surface area contributed by atoms with Crippen LogP contribution in [0.5, 0.6) is 0 Å². The lowest BCUT2D eigenvalue weighted by Gasteiger charge is -2.19. The summed E-state index contributed by atoms with van der Waals surface area (Å²) >= 11 is 0. The molecule has 142 valence electrons. The normalized spacial score (nSPS) is 14.5. The largest absolute Gasteiger partial charge is 0.444 e. The maximum atomic E-state index is 11.6. The number of allylic oxidation sites excluding steroid dienone is 4. The third-order valence-corrected chi connectivity index (χ3v) is 3.22. The van der Waals surface area contributed by atoms with Gasteiger partial charge in [-0.2, -0.15) is 0 Å². The first kappa shape index (κ1) is 22.8. The minimum atomic E-state index is -0.593. The van der Waals surface area contributed by atoms with E-state index in [1.54, 1.807) is 32.9 Å². The molecule has 0 radical (unpaired) electrons. The van der Waals surface area contributed by atoms with Gasteiger partial charge in [0.15, 0.2) is 0 Å². The fraction of sp³-hybridized carbons (Fsp3) is 0.526. The SMILES string of the molecule is C/C=C(CC)\C(=C/C/C(N)=C/C=C(\N)NC(=O)OC(C)(C)C)CNC. The number of carbonyl (C=O) groups excluding carboxylic acids is 1. The predicted molar refractivity (Wildman–Crippen MR) is 105 cm³/mol. The van der Waals surface area contributed by atoms with Gasteiger partial charge in [0.05, 0.1) is 0 Å². The minimum absolute atomic E-state index is 0.180. The van der Waals surface area contributed by atoms with E-state index in [4.69, 9.17) is 16.2 Å². The number of rotatable bonds is 8. The Balaban J connectivity index is 4.84. The van der Waals surface area contributed by atoms with E-state index in [9.17, 15) is 4.79 Å². The van der Waals surface area contributed by atoms with E-state index < -0.39 is 11.7 Å². The second kappa shape index (κ2) is 11.4. The van der Waals surface area contributed by atoms with Gasteiger partial charge in [-0.25, -0.2) is 4.79 Å². The fourth-order valence-electron chi connectivity index (χ4n) is 2.09. The van der Waals surface area contributed by atoms with Gasteiger partial charge >= 0.3 is 6.09 Å². The van der Waals surface area contributed by atoms with Crippen molar-refractivity contribution in [1.82, 2.24) is 10.6 Å². The Morgan fingerprint density at radius 2 is 1.80 bits per heavy atom. The number of hydrogen-bond donors (Lipinski definition) is 4. The molecule has 1 amide bonds. The summed E-state index contributed by atoms with van der Waals surface area (Å²) in [6.45, 7) is 10.3. The highest BCUT2D eigenvalue weighted by Crippen LogP contribution is 2.15. The van der Waals surface area contributed by atoms with Crippen LogP contribution in [0.4, 0.5) is 4.79 Å². The van der Waals surface area contributed by atoms with Crippen molar-refractivity contribution in [3.8, 4) is 0 Å². The quantitative estimate of drug-likeness (QED) is 0.504. The van der Waals surface area contributed by atoms with Crippen molar-refractivity contribution >= 4 is 6.09 Å². The molecule has 0 aromatic rings. The Labute approximate surface area is 152 Å². The molecule has 0 rings (SSSR count). The van der Waals surface area contributed by atoms with Crippen LogP contribution >= 0.6 is 0 Å². The summed E-state index contributed by atoms with van der Waals surface area (Å²) in [5.41, 5.74) is 14.4. The van der Waals surface area contributed by atoms with Crippen LogP contribution in [-0.2, 0) is 4.74 Å². The molecular formula is C19H34N4O2. The summed E-state index contributed by atoms with van der Waals surface area (Å²) < 4.78 is 5.13. The first-order chi connectivity index (χ1) is 11.6. The van der Waals surface area contributed by atoms with E-state index >= 15 is 0 Å². The summed E-state index contributed by atoms with van der Waals surface area (Å²) in [6, 6.07) is 0. The van der Waals surface area contributed by atoms with Crippen LogP contribution in [0, 0.1) is 0 Å². The number of alkyl carbamates (subject to hydrolysis) is 1. The molecule has 0 bridgehead atoms. The number of likely N-dealkylation sites (N-methyl/N-ethyl adjacent to an activating group) is 1. The van der Waals surface area contributed by atoms with E-state index in [2.05, 4.69) is 29.7 Å². The zero-order valence-electron chi connectivity index (χ0n) is 16.4. The molecule has 0 unspecified atom stereocenters. The second-order valence-corrected chi connectivity index (χ2v) is 6.62. The fourth-order valence-corrected chi connectivity index (χ4v) is 2.09. The lowest BCUT2D eigenvalue weighted by atomic mass is 10.0. The van der Waals surface area contributed by atoms with Gasteiger partial charge in [-0.3, -0.25) is 5.32 Å². The van der Waals surface area contributed by atoms with E-state index in [-0.39, 0.29) is 5.82 Å². The van der Waals surface area contributed by atoms with Crippen molar-refractivity contribution in [3.05, 3.63) is 47.0 Å². The summed E-state index contributed by atoms with van der Waals surface area (Å²) in [4.78, 5) is 11.6. The van der Waals surface area contributed by atoms with Crippen molar-refractivity contribution in [2.45, 2.75) is 53.1 Å². The van der Waals surface area contributed by atoms with E-state index in [0.29, 0.717) is 12.1 Å². The number of nitrogens with one attached hydrogen (secondary N) is 2. The van der Waals surface area contributed by atoms with Crippen molar-refractivity contribution < 1.29 is 9.53 Å².